The van der Waals surface area contributed by atoms with E-state index in [1.54, 1.807) is 26.0 Å². The summed E-state index contributed by atoms with van der Waals surface area (Å²) in [6.45, 7) is 7.83. The Bertz CT molecular complexity index is 766. The van der Waals surface area contributed by atoms with E-state index in [0.29, 0.717) is 29.4 Å². The highest BCUT2D eigenvalue weighted by molar-refractivity contribution is 7.89. The van der Waals surface area contributed by atoms with Crippen LogP contribution in [0.25, 0.3) is 0 Å². The van der Waals surface area contributed by atoms with E-state index in [1.807, 2.05) is 13.8 Å². The second-order valence-electron chi connectivity index (χ2n) is 5.00. The van der Waals surface area contributed by atoms with Crippen molar-refractivity contribution in [1.82, 2.24) is 9.71 Å². The second-order valence-corrected chi connectivity index (χ2v) is 6.74. The third kappa shape index (κ3) is 3.48. The standard InChI is InChI=1S/C15H20N2O4S/c1-5-20-13-6-11(3)15(7-10(13)2)22(18,19)17-8-14-12(4)16-9-21-14/h6-7,9,17H,5,8H2,1-4H3. The summed E-state index contributed by atoms with van der Waals surface area (Å²) < 4.78 is 38.1. The Morgan fingerprint density at radius 1 is 1.23 bits per heavy atom. The Hall–Kier alpha value is -1.86. The molecule has 0 spiro atoms. The molecule has 6 nitrogen and oxygen atoms in total. The van der Waals surface area contributed by atoms with Gasteiger partial charge in [-0.2, -0.15) is 0 Å². The van der Waals surface area contributed by atoms with Crippen molar-refractivity contribution in [3.63, 3.8) is 0 Å². The van der Waals surface area contributed by atoms with Crippen molar-refractivity contribution in [2.45, 2.75) is 39.1 Å². The third-order valence-electron chi connectivity index (χ3n) is 3.33. The lowest BCUT2D eigenvalue weighted by Crippen LogP contribution is -2.24. The summed E-state index contributed by atoms with van der Waals surface area (Å²) >= 11 is 0. The number of aromatic nitrogens is 1. The molecule has 0 fully saturated rings. The molecule has 2 rings (SSSR count). The lowest BCUT2D eigenvalue weighted by atomic mass is 10.1. The van der Waals surface area contributed by atoms with Crippen LogP contribution in [-0.2, 0) is 16.6 Å². The van der Waals surface area contributed by atoms with Gasteiger partial charge < -0.3 is 9.15 Å². The van der Waals surface area contributed by atoms with Gasteiger partial charge in [-0.05, 0) is 51.0 Å². The molecule has 0 aliphatic heterocycles. The topological polar surface area (TPSA) is 81.4 Å². The van der Waals surface area contributed by atoms with Crippen molar-refractivity contribution in [2.24, 2.45) is 0 Å². The van der Waals surface area contributed by atoms with Gasteiger partial charge in [0.25, 0.3) is 0 Å². The van der Waals surface area contributed by atoms with E-state index in [4.69, 9.17) is 9.15 Å². The molecule has 1 heterocycles. The molecule has 22 heavy (non-hydrogen) atoms. The molecule has 0 aliphatic carbocycles. The maximum atomic E-state index is 12.5. The van der Waals surface area contributed by atoms with Gasteiger partial charge in [-0.3, -0.25) is 0 Å². The third-order valence-corrected chi connectivity index (χ3v) is 4.87. The first-order valence-electron chi connectivity index (χ1n) is 6.97. The lowest BCUT2D eigenvalue weighted by molar-refractivity contribution is 0.337. The fourth-order valence-electron chi connectivity index (χ4n) is 2.10. The molecule has 0 radical (unpaired) electrons. The molecule has 1 N–H and O–H groups in total. The lowest BCUT2D eigenvalue weighted by Gasteiger charge is -2.13. The quantitative estimate of drug-likeness (QED) is 0.883. The van der Waals surface area contributed by atoms with Gasteiger partial charge in [0.1, 0.15) is 11.5 Å². The number of oxazole rings is 1. The monoisotopic (exact) mass is 324 g/mol. The van der Waals surface area contributed by atoms with Crippen LogP contribution in [0.2, 0.25) is 0 Å². The zero-order chi connectivity index (χ0) is 16.3. The molecule has 0 bridgehead atoms. The zero-order valence-electron chi connectivity index (χ0n) is 13.1. The van der Waals surface area contributed by atoms with E-state index in [9.17, 15) is 8.42 Å². The Morgan fingerprint density at radius 3 is 2.55 bits per heavy atom. The van der Waals surface area contributed by atoms with Crippen molar-refractivity contribution < 1.29 is 17.6 Å². The van der Waals surface area contributed by atoms with Crippen LogP contribution < -0.4 is 9.46 Å². The molecule has 0 saturated carbocycles. The molecule has 0 saturated heterocycles. The summed E-state index contributed by atoms with van der Waals surface area (Å²) in [5.41, 5.74) is 2.09. The first-order valence-corrected chi connectivity index (χ1v) is 8.46. The SMILES string of the molecule is CCOc1cc(C)c(S(=O)(=O)NCc2ocnc2C)cc1C. The minimum absolute atomic E-state index is 0.0693. The highest BCUT2D eigenvalue weighted by atomic mass is 32.2. The fourth-order valence-corrected chi connectivity index (χ4v) is 3.39. The van der Waals surface area contributed by atoms with Crippen molar-refractivity contribution in [1.29, 1.82) is 0 Å². The van der Waals surface area contributed by atoms with Crippen LogP contribution in [0.4, 0.5) is 0 Å². The highest BCUT2D eigenvalue weighted by Crippen LogP contribution is 2.26. The number of rotatable bonds is 6. The Labute approximate surface area is 130 Å². The van der Waals surface area contributed by atoms with Crippen LogP contribution in [0.1, 0.15) is 29.5 Å². The maximum Gasteiger partial charge on any atom is 0.241 e. The molecule has 0 unspecified atom stereocenters. The Kier molecular flexibility index (Phi) is 4.87. The maximum absolute atomic E-state index is 12.5. The summed E-state index contributed by atoms with van der Waals surface area (Å²) in [5, 5.41) is 0. The van der Waals surface area contributed by atoms with Crippen LogP contribution in [-0.4, -0.2) is 20.0 Å². The summed E-state index contributed by atoms with van der Waals surface area (Å²) in [5.74, 6) is 1.20. The number of nitrogens with zero attached hydrogens (tertiary/aromatic N) is 1. The molecule has 7 heteroatoms. The normalized spacial score (nSPS) is 11.6. The van der Waals surface area contributed by atoms with Crippen LogP contribution in [0, 0.1) is 20.8 Å². The van der Waals surface area contributed by atoms with Gasteiger partial charge in [-0.15, -0.1) is 0 Å². The average Bonchev–Trinajstić information content (AvgIpc) is 2.86. The molecule has 0 aliphatic rings. The smallest absolute Gasteiger partial charge is 0.241 e. The first-order chi connectivity index (χ1) is 10.3. The summed E-state index contributed by atoms with van der Waals surface area (Å²) in [7, 11) is -3.63. The number of sulfonamides is 1. The van der Waals surface area contributed by atoms with E-state index in [1.165, 1.54) is 6.39 Å². The Balaban J connectivity index is 2.26. The van der Waals surface area contributed by atoms with Crippen LogP contribution in [0.5, 0.6) is 5.75 Å². The summed E-state index contributed by atoms with van der Waals surface area (Å²) in [4.78, 5) is 4.18. The van der Waals surface area contributed by atoms with Crippen LogP contribution in [0.3, 0.4) is 0 Å². The molecule has 1 aromatic heterocycles. The van der Waals surface area contributed by atoms with Crippen molar-refractivity contribution in [3.05, 3.63) is 41.1 Å². The van der Waals surface area contributed by atoms with Crippen molar-refractivity contribution in [2.75, 3.05) is 6.61 Å². The highest BCUT2D eigenvalue weighted by Gasteiger charge is 2.19. The predicted octanol–water partition coefficient (Wildman–Crippen LogP) is 2.48. The molecule has 0 amide bonds. The summed E-state index contributed by atoms with van der Waals surface area (Å²) in [6.07, 6.45) is 1.30. The van der Waals surface area contributed by atoms with Crippen molar-refractivity contribution in [3.8, 4) is 5.75 Å². The second kappa shape index (κ2) is 6.50. The van der Waals surface area contributed by atoms with Crippen molar-refractivity contribution >= 4 is 10.0 Å². The van der Waals surface area contributed by atoms with E-state index in [-0.39, 0.29) is 11.4 Å². The van der Waals surface area contributed by atoms with E-state index in [0.717, 1.165) is 5.56 Å². The van der Waals surface area contributed by atoms with Crippen LogP contribution in [0.15, 0.2) is 27.8 Å². The predicted molar refractivity (Wildman–Crippen MR) is 82.4 cm³/mol. The van der Waals surface area contributed by atoms with E-state index < -0.39 is 10.0 Å². The molecule has 120 valence electrons. The average molecular weight is 324 g/mol. The van der Waals surface area contributed by atoms with Gasteiger partial charge in [0.15, 0.2) is 6.39 Å². The molecule has 1 aromatic carbocycles. The van der Waals surface area contributed by atoms with Gasteiger partial charge in [0.2, 0.25) is 10.0 Å². The Morgan fingerprint density at radius 2 is 1.95 bits per heavy atom. The fraction of sp³-hybridized carbons (Fsp3) is 0.400. The number of hydrogen-bond donors (Lipinski definition) is 1. The van der Waals surface area contributed by atoms with Gasteiger partial charge in [-0.1, -0.05) is 0 Å². The number of nitrogens with one attached hydrogen (secondary N) is 1. The minimum Gasteiger partial charge on any atom is -0.494 e. The van der Waals surface area contributed by atoms with E-state index in [2.05, 4.69) is 9.71 Å². The van der Waals surface area contributed by atoms with E-state index >= 15 is 0 Å². The van der Waals surface area contributed by atoms with Crippen LogP contribution >= 0.6 is 0 Å². The van der Waals surface area contributed by atoms with Gasteiger partial charge >= 0.3 is 0 Å². The van der Waals surface area contributed by atoms with Gasteiger partial charge in [0, 0.05) is 0 Å². The number of ether oxygens (including phenoxy) is 1. The molecular formula is C15H20N2O4S. The van der Waals surface area contributed by atoms with Gasteiger partial charge in [0.05, 0.1) is 23.7 Å². The minimum atomic E-state index is -3.63. The number of aryl methyl sites for hydroxylation is 3. The largest absolute Gasteiger partial charge is 0.494 e. The zero-order valence-corrected chi connectivity index (χ0v) is 14.0. The molecule has 2 aromatic rings. The molecule has 0 atom stereocenters. The number of hydrogen-bond acceptors (Lipinski definition) is 5. The number of benzene rings is 1. The summed E-state index contributed by atoms with van der Waals surface area (Å²) in [6, 6.07) is 3.36. The molecular weight excluding hydrogens is 304 g/mol. The van der Waals surface area contributed by atoms with Gasteiger partial charge in [-0.25, -0.2) is 18.1 Å². The first kappa shape index (κ1) is 16.5.